The highest BCUT2D eigenvalue weighted by atomic mass is 16.5. The van der Waals surface area contributed by atoms with Gasteiger partial charge in [-0.05, 0) is 31.9 Å². The van der Waals surface area contributed by atoms with Crippen LogP contribution in [-0.2, 0) is 9.59 Å². The van der Waals surface area contributed by atoms with E-state index in [4.69, 9.17) is 4.74 Å². The molecule has 0 saturated carbocycles. The maximum Gasteiger partial charge on any atom is 0.310 e. The van der Waals surface area contributed by atoms with Gasteiger partial charge >= 0.3 is 5.97 Å². The first-order chi connectivity index (χ1) is 9.99. The molecule has 1 amide bonds. The molecule has 1 aliphatic carbocycles. The van der Waals surface area contributed by atoms with E-state index in [9.17, 15) is 14.7 Å². The van der Waals surface area contributed by atoms with Crippen LogP contribution in [-0.4, -0.2) is 24.1 Å². The summed E-state index contributed by atoms with van der Waals surface area (Å²) in [6.07, 6.45) is 4.45. The molecule has 0 aromatic heterocycles. The molecule has 2 unspecified atom stereocenters. The van der Waals surface area contributed by atoms with Crippen LogP contribution in [0.5, 0.6) is 5.75 Å². The molecule has 2 rings (SSSR count). The Labute approximate surface area is 123 Å². The predicted molar refractivity (Wildman–Crippen MR) is 79.2 cm³/mol. The maximum atomic E-state index is 12.5. The SMILES string of the molecule is COc1ccccc1NC(=O)C1CC=CCC1(C)C(=O)O. The smallest absolute Gasteiger partial charge is 0.310 e. The summed E-state index contributed by atoms with van der Waals surface area (Å²) in [5, 5.41) is 12.2. The van der Waals surface area contributed by atoms with Crippen LogP contribution < -0.4 is 10.1 Å². The van der Waals surface area contributed by atoms with Crippen LogP contribution >= 0.6 is 0 Å². The lowest BCUT2D eigenvalue weighted by Crippen LogP contribution is -2.43. The van der Waals surface area contributed by atoms with E-state index in [1.807, 2.05) is 12.2 Å². The Morgan fingerprint density at radius 1 is 1.33 bits per heavy atom. The van der Waals surface area contributed by atoms with E-state index in [-0.39, 0.29) is 5.91 Å². The monoisotopic (exact) mass is 289 g/mol. The zero-order valence-electron chi connectivity index (χ0n) is 12.1. The summed E-state index contributed by atoms with van der Waals surface area (Å²) >= 11 is 0. The van der Waals surface area contributed by atoms with Crippen molar-refractivity contribution in [2.75, 3.05) is 12.4 Å². The summed E-state index contributed by atoms with van der Waals surface area (Å²) in [6, 6.07) is 7.06. The molecule has 0 bridgehead atoms. The van der Waals surface area contributed by atoms with Crippen LogP contribution in [0.25, 0.3) is 0 Å². The molecule has 0 saturated heterocycles. The van der Waals surface area contributed by atoms with Crippen molar-refractivity contribution < 1.29 is 19.4 Å². The van der Waals surface area contributed by atoms with E-state index >= 15 is 0 Å². The second-order valence-corrected chi connectivity index (χ2v) is 5.38. The molecule has 5 heteroatoms. The molecule has 1 aliphatic rings. The summed E-state index contributed by atoms with van der Waals surface area (Å²) < 4.78 is 5.19. The number of anilines is 1. The van der Waals surface area contributed by atoms with Crippen molar-refractivity contribution in [2.45, 2.75) is 19.8 Å². The van der Waals surface area contributed by atoms with Gasteiger partial charge < -0.3 is 15.2 Å². The number of rotatable bonds is 4. The van der Waals surface area contributed by atoms with Crippen molar-refractivity contribution in [1.82, 2.24) is 0 Å². The number of benzene rings is 1. The number of hydrogen-bond donors (Lipinski definition) is 2. The Balaban J connectivity index is 2.23. The summed E-state index contributed by atoms with van der Waals surface area (Å²) in [4.78, 5) is 24.0. The third-order valence-corrected chi connectivity index (χ3v) is 4.02. The number of carboxylic acids is 1. The average Bonchev–Trinajstić information content (AvgIpc) is 2.48. The molecule has 0 heterocycles. The van der Waals surface area contributed by atoms with E-state index in [2.05, 4.69) is 5.32 Å². The van der Waals surface area contributed by atoms with Gasteiger partial charge in [0.2, 0.25) is 5.91 Å². The zero-order chi connectivity index (χ0) is 15.5. The fourth-order valence-corrected chi connectivity index (χ4v) is 2.56. The predicted octanol–water partition coefficient (Wildman–Crippen LogP) is 2.69. The molecule has 1 aromatic rings. The highest BCUT2D eigenvalue weighted by Gasteiger charge is 2.45. The lowest BCUT2D eigenvalue weighted by molar-refractivity contribution is -0.154. The molecule has 0 radical (unpaired) electrons. The highest BCUT2D eigenvalue weighted by Crippen LogP contribution is 2.39. The van der Waals surface area contributed by atoms with E-state index in [0.29, 0.717) is 24.3 Å². The molecule has 0 spiro atoms. The van der Waals surface area contributed by atoms with Crippen molar-refractivity contribution >= 4 is 17.6 Å². The molecular weight excluding hydrogens is 270 g/mol. The maximum absolute atomic E-state index is 12.5. The van der Waals surface area contributed by atoms with Crippen molar-refractivity contribution in [3.8, 4) is 5.75 Å². The standard InChI is InChI=1S/C16H19NO4/c1-16(15(19)20)10-6-5-7-11(16)14(18)17-12-8-3-4-9-13(12)21-2/h3-6,8-9,11H,7,10H2,1-2H3,(H,17,18)(H,19,20). The van der Waals surface area contributed by atoms with Gasteiger partial charge in [-0.25, -0.2) is 0 Å². The minimum Gasteiger partial charge on any atom is -0.495 e. The molecule has 21 heavy (non-hydrogen) atoms. The number of aliphatic carboxylic acids is 1. The summed E-state index contributed by atoms with van der Waals surface area (Å²) in [5.74, 6) is -1.31. The Bertz CT molecular complexity index is 581. The summed E-state index contributed by atoms with van der Waals surface area (Å²) in [5.41, 5.74) is -0.534. The summed E-state index contributed by atoms with van der Waals surface area (Å²) in [7, 11) is 1.52. The van der Waals surface area contributed by atoms with Crippen LogP contribution in [0.2, 0.25) is 0 Å². The van der Waals surface area contributed by atoms with E-state index in [1.54, 1.807) is 31.2 Å². The average molecular weight is 289 g/mol. The Kier molecular flexibility index (Phi) is 4.31. The normalized spacial score (nSPS) is 24.4. The Hall–Kier alpha value is -2.30. The van der Waals surface area contributed by atoms with Crippen LogP contribution in [0.4, 0.5) is 5.69 Å². The lowest BCUT2D eigenvalue weighted by atomic mass is 9.69. The van der Waals surface area contributed by atoms with Gasteiger partial charge in [0.1, 0.15) is 5.75 Å². The number of amides is 1. The van der Waals surface area contributed by atoms with Crippen molar-refractivity contribution in [3.63, 3.8) is 0 Å². The van der Waals surface area contributed by atoms with Crippen molar-refractivity contribution in [1.29, 1.82) is 0 Å². The number of carboxylic acid groups (broad SMARTS) is 1. The molecule has 2 N–H and O–H groups in total. The van der Waals surface area contributed by atoms with Crippen LogP contribution in [0.1, 0.15) is 19.8 Å². The first-order valence-corrected chi connectivity index (χ1v) is 6.81. The minimum absolute atomic E-state index is 0.297. The van der Waals surface area contributed by atoms with Crippen molar-refractivity contribution in [3.05, 3.63) is 36.4 Å². The number of hydrogen-bond acceptors (Lipinski definition) is 3. The van der Waals surface area contributed by atoms with Crippen LogP contribution in [0.15, 0.2) is 36.4 Å². The van der Waals surface area contributed by atoms with Gasteiger partial charge in [0.25, 0.3) is 0 Å². The Morgan fingerprint density at radius 2 is 2.05 bits per heavy atom. The fraction of sp³-hybridized carbons (Fsp3) is 0.375. The van der Waals surface area contributed by atoms with E-state index in [0.717, 1.165) is 0 Å². The number of carbonyl (C=O) groups is 2. The third kappa shape index (κ3) is 2.91. The van der Waals surface area contributed by atoms with Crippen LogP contribution in [0, 0.1) is 11.3 Å². The van der Waals surface area contributed by atoms with Crippen LogP contribution in [0.3, 0.4) is 0 Å². The van der Waals surface area contributed by atoms with Crippen molar-refractivity contribution in [2.24, 2.45) is 11.3 Å². The van der Waals surface area contributed by atoms with Gasteiger partial charge in [0.15, 0.2) is 0 Å². The number of nitrogens with one attached hydrogen (secondary N) is 1. The lowest BCUT2D eigenvalue weighted by Gasteiger charge is -2.34. The van der Waals surface area contributed by atoms with Gasteiger partial charge in [0.05, 0.1) is 24.1 Å². The second kappa shape index (κ2) is 5.99. The number of allylic oxidation sites excluding steroid dienone is 2. The van der Waals surface area contributed by atoms with Gasteiger partial charge in [-0.3, -0.25) is 9.59 Å². The first-order valence-electron chi connectivity index (χ1n) is 6.81. The zero-order valence-corrected chi connectivity index (χ0v) is 12.1. The van der Waals surface area contributed by atoms with Gasteiger partial charge in [-0.15, -0.1) is 0 Å². The molecule has 1 aromatic carbocycles. The quantitative estimate of drug-likeness (QED) is 0.836. The Morgan fingerprint density at radius 3 is 2.71 bits per heavy atom. The van der Waals surface area contributed by atoms with Gasteiger partial charge in [0, 0.05) is 0 Å². The minimum atomic E-state index is -1.08. The second-order valence-electron chi connectivity index (χ2n) is 5.38. The number of methoxy groups -OCH3 is 1. The molecule has 5 nitrogen and oxygen atoms in total. The highest BCUT2D eigenvalue weighted by molar-refractivity contribution is 5.97. The molecule has 112 valence electrons. The number of carbonyl (C=O) groups excluding carboxylic acids is 1. The van der Waals surface area contributed by atoms with Gasteiger partial charge in [-0.2, -0.15) is 0 Å². The number of para-hydroxylation sites is 2. The largest absolute Gasteiger partial charge is 0.495 e. The number of ether oxygens (including phenoxy) is 1. The molecule has 0 fully saturated rings. The molecule has 2 atom stereocenters. The van der Waals surface area contributed by atoms with E-state index in [1.165, 1.54) is 7.11 Å². The van der Waals surface area contributed by atoms with E-state index < -0.39 is 17.3 Å². The molecular formula is C16H19NO4. The first kappa shape index (κ1) is 15.1. The molecule has 0 aliphatic heterocycles. The topological polar surface area (TPSA) is 75.6 Å². The van der Waals surface area contributed by atoms with Gasteiger partial charge in [-0.1, -0.05) is 24.3 Å². The summed E-state index contributed by atoms with van der Waals surface area (Å²) in [6.45, 7) is 1.62. The third-order valence-electron chi connectivity index (χ3n) is 4.02. The fourth-order valence-electron chi connectivity index (χ4n) is 2.56.